The predicted octanol–water partition coefficient (Wildman–Crippen LogP) is 2.94. The Morgan fingerprint density at radius 2 is 1.61 bits per heavy atom. The van der Waals surface area contributed by atoms with E-state index in [-0.39, 0.29) is 21.8 Å². The van der Waals surface area contributed by atoms with Crippen LogP contribution in [-0.4, -0.2) is 31.1 Å². The minimum Gasteiger partial charge on any atom is -0.366 e. The molecule has 0 spiro atoms. The van der Waals surface area contributed by atoms with Crippen LogP contribution in [-0.2, 0) is 14.8 Å². The van der Waals surface area contributed by atoms with Crippen LogP contribution >= 0.6 is 0 Å². The summed E-state index contributed by atoms with van der Waals surface area (Å²) < 4.78 is 28.3. The summed E-state index contributed by atoms with van der Waals surface area (Å²) in [7, 11) is -4.39. The van der Waals surface area contributed by atoms with Crippen molar-refractivity contribution in [3.8, 4) is 11.1 Å². The minimum absolute atomic E-state index is 0.0305. The molecule has 1 atom stereocenters. The van der Waals surface area contributed by atoms with E-state index in [1.165, 1.54) is 30.3 Å². The highest BCUT2D eigenvalue weighted by Crippen LogP contribution is 2.43. The zero-order valence-corrected chi connectivity index (χ0v) is 18.8. The van der Waals surface area contributed by atoms with Crippen LogP contribution in [0.5, 0.6) is 0 Å². The number of benzene rings is 3. The maximum Gasteiger partial charge on any atom is 0.279 e. The predicted molar refractivity (Wildman–Crippen MR) is 125 cm³/mol. The average Bonchev–Trinajstić information content (AvgIpc) is 2.79. The third-order valence-corrected chi connectivity index (χ3v) is 7.52. The number of hydrogen-bond donors (Lipinski definition) is 3. The van der Waals surface area contributed by atoms with E-state index in [0.717, 1.165) is 15.4 Å². The molecule has 2 amide bonds. The van der Waals surface area contributed by atoms with Gasteiger partial charge in [0.25, 0.3) is 15.9 Å². The van der Waals surface area contributed by atoms with E-state index in [4.69, 9.17) is 5.73 Å². The Kier molecular flexibility index (Phi) is 5.47. The maximum absolute atomic E-state index is 13.8. The van der Waals surface area contributed by atoms with Crippen LogP contribution in [0.4, 0.5) is 11.4 Å². The summed E-state index contributed by atoms with van der Waals surface area (Å²) in [6, 6.07) is 19.6. The lowest BCUT2D eigenvalue weighted by Gasteiger charge is -2.45. The van der Waals surface area contributed by atoms with E-state index in [0.29, 0.717) is 0 Å². The Balaban J connectivity index is 1.87. The topological polar surface area (TPSA) is 130 Å². The second kappa shape index (κ2) is 8.02. The summed E-state index contributed by atoms with van der Waals surface area (Å²) in [5, 5.41) is 13.9. The molecule has 33 heavy (non-hydrogen) atoms. The van der Waals surface area contributed by atoms with Crippen molar-refractivity contribution in [2.24, 2.45) is 11.7 Å². The first kappa shape index (κ1) is 22.5. The molecule has 1 unspecified atom stereocenters. The number of fused-ring (bicyclic) bond motifs is 1. The Morgan fingerprint density at radius 3 is 2.18 bits per heavy atom. The smallest absolute Gasteiger partial charge is 0.279 e. The van der Waals surface area contributed by atoms with Gasteiger partial charge in [0.2, 0.25) is 11.6 Å². The van der Waals surface area contributed by atoms with Crippen molar-refractivity contribution in [3.63, 3.8) is 0 Å². The van der Waals surface area contributed by atoms with Gasteiger partial charge in [0, 0.05) is 11.5 Å². The van der Waals surface area contributed by atoms with Gasteiger partial charge in [0.15, 0.2) is 0 Å². The van der Waals surface area contributed by atoms with Crippen molar-refractivity contribution >= 4 is 33.2 Å². The highest BCUT2D eigenvalue weighted by molar-refractivity contribution is 7.93. The largest absolute Gasteiger partial charge is 0.366 e. The number of nitrogens with two attached hydrogens (primary N) is 1. The van der Waals surface area contributed by atoms with Gasteiger partial charge in [-0.25, -0.2) is 12.7 Å². The first-order chi connectivity index (χ1) is 15.6. The molecule has 0 aromatic heterocycles. The van der Waals surface area contributed by atoms with Gasteiger partial charge < -0.3 is 16.2 Å². The summed E-state index contributed by atoms with van der Waals surface area (Å²) in [5.74, 6) is -2.45. The molecule has 0 saturated heterocycles. The van der Waals surface area contributed by atoms with Crippen molar-refractivity contribution < 1.29 is 23.1 Å². The Labute approximate surface area is 191 Å². The van der Waals surface area contributed by atoms with Gasteiger partial charge in [-0.05, 0) is 41.5 Å². The monoisotopic (exact) mass is 465 g/mol. The van der Waals surface area contributed by atoms with E-state index in [1.807, 2.05) is 30.3 Å². The Morgan fingerprint density at radius 1 is 1.00 bits per heavy atom. The molecule has 1 aliphatic rings. The van der Waals surface area contributed by atoms with Gasteiger partial charge >= 0.3 is 0 Å². The minimum atomic E-state index is -4.39. The van der Waals surface area contributed by atoms with Crippen LogP contribution in [0.25, 0.3) is 11.1 Å². The fraction of sp³-hybridized carbons (Fsp3) is 0.167. The number of nitrogens with one attached hydrogen (secondary N) is 1. The summed E-state index contributed by atoms with van der Waals surface area (Å²) in [6.07, 6.45) is 0. The summed E-state index contributed by atoms with van der Waals surface area (Å²) in [4.78, 5) is 24.4. The lowest BCUT2D eigenvalue weighted by Crippen LogP contribution is -2.64. The molecule has 0 bridgehead atoms. The average molecular weight is 466 g/mol. The molecular weight excluding hydrogens is 442 g/mol. The first-order valence-corrected chi connectivity index (χ1v) is 11.7. The molecule has 1 heterocycles. The molecule has 4 rings (SSSR count). The van der Waals surface area contributed by atoms with Crippen molar-refractivity contribution in [1.29, 1.82) is 0 Å². The van der Waals surface area contributed by atoms with Crippen LogP contribution < -0.4 is 15.4 Å². The van der Waals surface area contributed by atoms with Gasteiger partial charge in [-0.2, -0.15) is 0 Å². The molecule has 0 radical (unpaired) electrons. The number of amides is 2. The molecule has 9 heteroatoms. The molecule has 8 nitrogen and oxygen atoms in total. The SMILES string of the molecule is CC(C)C1(O)C(=O)Nc2cc(C(N)=O)ccc2N1S(=O)(=O)c1ccc(-c2ccccc2)cc1. The maximum atomic E-state index is 13.8. The number of nitrogens with zero attached hydrogens (tertiary/aromatic N) is 1. The number of sulfonamides is 1. The number of carbonyl (C=O) groups excluding carboxylic acids is 2. The molecule has 0 saturated carbocycles. The molecule has 0 fully saturated rings. The molecule has 0 aliphatic carbocycles. The van der Waals surface area contributed by atoms with Crippen molar-refractivity contribution in [1.82, 2.24) is 0 Å². The fourth-order valence-corrected chi connectivity index (χ4v) is 5.59. The summed E-state index contributed by atoms with van der Waals surface area (Å²) in [6.45, 7) is 3.09. The highest BCUT2D eigenvalue weighted by atomic mass is 32.2. The van der Waals surface area contributed by atoms with Gasteiger partial charge in [0.1, 0.15) is 0 Å². The normalized spacial score (nSPS) is 18.1. The van der Waals surface area contributed by atoms with E-state index in [2.05, 4.69) is 5.32 Å². The van der Waals surface area contributed by atoms with Crippen molar-refractivity contribution in [3.05, 3.63) is 78.4 Å². The lowest BCUT2D eigenvalue weighted by molar-refractivity contribution is -0.137. The third-order valence-electron chi connectivity index (χ3n) is 5.70. The summed E-state index contributed by atoms with van der Waals surface area (Å²) in [5.41, 5.74) is 4.85. The second-order valence-electron chi connectivity index (χ2n) is 8.09. The van der Waals surface area contributed by atoms with E-state index in [1.54, 1.807) is 26.0 Å². The van der Waals surface area contributed by atoms with E-state index >= 15 is 0 Å². The van der Waals surface area contributed by atoms with Gasteiger partial charge in [0.05, 0.1) is 16.3 Å². The number of anilines is 2. The van der Waals surface area contributed by atoms with Crippen LogP contribution in [0.3, 0.4) is 0 Å². The quantitative estimate of drug-likeness (QED) is 0.533. The number of carbonyl (C=O) groups is 2. The lowest BCUT2D eigenvalue weighted by atomic mass is 9.95. The number of primary amides is 1. The Bertz CT molecular complexity index is 1340. The van der Waals surface area contributed by atoms with Crippen molar-refractivity contribution in [2.45, 2.75) is 24.5 Å². The van der Waals surface area contributed by atoms with Crippen LogP contribution in [0.1, 0.15) is 24.2 Å². The molecule has 4 N–H and O–H groups in total. The second-order valence-corrected chi connectivity index (χ2v) is 9.88. The zero-order chi connectivity index (χ0) is 24.0. The molecule has 3 aromatic carbocycles. The van der Waals surface area contributed by atoms with Crippen LogP contribution in [0.15, 0.2) is 77.7 Å². The zero-order valence-electron chi connectivity index (χ0n) is 18.0. The molecule has 170 valence electrons. The van der Waals surface area contributed by atoms with E-state index < -0.39 is 33.5 Å². The van der Waals surface area contributed by atoms with Gasteiger partial charge in [-0.1, -0.05) is 56.3 Å². The molecule has 3 aromatic rings. The third kappa shape index (κ3) is 3.65. The first-order valence-electron chi connectivity index (χ1n) is 10.3. The Hall–Kier alpha value is -3.69. The standard InChI is InChI=1S/C24H23N3O5S/c1-15(2)24(30)23(29)26-20-14-18(22(25)28)10-13-21(20)27(24)33(31,32)19-11-8-17(9-12-19)16-6-4-3-5-7-16/h3-15,30H,1-2H3,(H2,25,28)(H,26,29). The highest BCUT2D eigenvalue weighted by Gasteiger charge is 2.54. The number of aliphatic hydroxyl groups is 1. The summed E-state index contributed by atoms with van der Waals surface area (Å²) >= 11 is 0. The number of hydrogen-bond acceptors (Lipinski definition) is 5. The van der Waals surface area contributed by atoms with E-state index in [9.17, 15) is 23.1 Å². The fourth-order valence-electron chi connectivity index (χ4n) is 3.82. The number of rotatable bonds is 5. The van der Waals surface area contributed by atoms with Crippen molar-refractivity contribution in [2.75, 3.05) is 9.62 Å². The molecular formula is C24H23N3O5S. The molecule has 1 aliphatic heterocycles. The van der Waals surface area contributed by atoms with Crippen LogP contribution in [0.2, 0.25) is 0 Å². The van der Waals surface area contributed by atoms with Gasteiger partial charge in [-0.3, -0.25) is 9.59 Å². The van der Waals surface area contributed by atoms with Gasteiger partial charge in [-0.15, -0.1) is 0 Å². The van der Waals surface area contributed by atoms with Crippen LogP contribution in [0, 0.1) is 5.92 Å².